The second kappa shape index (κ2) is 8.43. The van der Waals surface area contributed by atoms with Crippen molar-refractivity contribution in [3.63, 3.8) is 0 Å². The normalized spacial score (nSPS) is 10.4. The Morgan fingerprint density at radius 1 is 1.32 bits per heavy atom. The first kappa shape index (κ1) is 16.3. The Labute approximate surface area is 129 Å². The maximum absolute atomic E-state index is 6.02. The fourth-order valence-electron chi connectivity index (χ4n) is 1.36. The Balaban J connectivity index is 2.26. The van der Waals surface area contributed by atoms with Crippen molar-refractivity contribution in [3.8, 4) is 0 Å². The van der Waals surface area contributed by atoms with Crippen LogP contribution in [0.4, 0.5) is 5.69 Å². The standard InChI is InChI=1S/C12H18Cl2N4S/c1-18(2)7-3-6-15-12(19)17-16-11-5-4-9(13)8-10(11)14/h4-5,8,16H,3,6-7H2,1-2H3,(H2,15,17,19). The molecule has 3 N–H and O–H groups in total. The Kier molecular flexibility index (Phi) is 7.23. The van der Waals surface area contributed by atoms with E-state index >= 15 is 0 Å². The summed E-state index contributed by atoms with van der Waals surface area (Å²) >= 11 is 17.0. The summed E-state index contributed by atoms with van der Waals surface area (Å²) in [6.07, 6.45) is 1.02. The van der Waals surface area contributed by atoms with Crippen LogP contribution in [-0.2, 0) is 0 Å². The summed E-state index contributed by atoms with van der Waals surface area (Å²) < 4.78 is 0. The molecular formula is C12H18Cl2N4S. The number of thiocarbonyl (C=S) groups is 1. The quantitative estimate of drug-likeness (QED) is 0.427. The summed E-state index contributed by atoms with van der Waals surface area (Å²) in [6, 6.07) is 5.21. The van der Waals surface area contributed by atoms with Crippen molar-refractivity contribution in [2.45, 2.75) is 6.42 Å². The average Bonchev–Trinajstić information content (AvgIpc) is 2.33. The van der Waals surface area contributed by atoms with Crippen LogP contribution in [0, 0.1) is 0 Å². The number of nitrogens with one attached hydrogen (secondary N) is 3. The summed E-state index contributed by atoms with van der Waals surface area (Å²) in [6.45, 7) is 1.84. The fourth-order valence-corrected chi connectivity index (χ4v) is 1.97. The predicted octanol–water partition coefficient (Wildman–Crippen LogP) is 2.74. The lowest BCUT2D eigenvalue weighted by Crippen LogP contribution is -2.39. The van der Waals surface area contributed by atoms with Crippen molar-refractivity contribution < 1.29 is 0 Å². The third-order valence-electron chi connectivity index (χ3n) is 2.31. The molecule has 0 aliphatic heterocycles. The molecule has 7 heteroatoms. The van der Waals surface area contributed by atoms with Gasteiger partial charge in [-0.15, -0.1) is 0 Å². The summed E-state index contributed by atoms with van der Waals surface area (Å²) in [5, 5.41) is 4.77. The highest BCUT2D eigenvalue weighted by Gasteiger charge is 2.01. The minimum atomic E-state index is 0.532. The summed E-state index contributed by atoms with van der Waals surface area (Å²) in [7, 11) is 4.08. The third kappa shape index (κ3) is 6.82. The van der Waals surface area contributed by atoms with Gasteiger partial charge in [0.15, 0.2) is 5.11 Å². The molecule has 0 radical (unpaired) electrons. The van der Waals surface area contributed by atoms with Gasteiger partial charge in [-0.3, -0.25) is 10.9 Å². The van der Waals surface area contributed by atoms with Crippen molar-refractivity contribution in [2.75, 3.05) is 32.6 Å². The molecule has 0 heterocycles. The number of nitrogens with zero attached hydrogens (tertiary/aromatic N) is 1. The van der Waals surface area contributed by atoms with Gasteiger partial charge in [-0.2, -0.15) is 0 Å². The summed E-state index contributed by atoms with van der Waals surface area (Å²) in [5.74, 6) is 0. The lowest BCUT2D eigenvalue weighted by atomic mass is 10.3. The van der Waals surface area contributed by atoms with Crippen LogP contribution in [0.3, 0.4) is 0 Å². The number of hydrazine groups is 1. The third-order valence-corrected chi connectivity index (χ3v) is 3.10. The second-order valence-corrected chi connectivity index (χ2v) is 5.54. The molecule has 0 fully saturated rings. The minimum absolute atomic E-state index is 0.532. The van der Waals surface area contributed by atoms with E-state index in [1.807, 2.05) is 14.1 Å². The molecule has 0 bridgehead atoms. The van der Waals surface area contributed by atoms with Crippen LogP contribution in [0.25, 0.3) is 0 Å². The first-order chi connectivity index (χ1) is 8.99. The van der Waals surface area contributed by atoms with Crippen LogP contribution in [0.1, 0.15) is 6.42 Å². The Bertz CT molecular complexity index is 426. The molecule has 0 atom stereocenters. The van der Waals surface area contributed by atoms with E-state index in [0.717, 1.165) is 25.2 Å². The maximum Gasteiger partial charge on any atom is 0.185 e. The topological polar surface area (TPSA) is 39.3 Å². The number of hydrogen-bond acceptors (Lipinski definition) is 3. The molecule has 4 nitrogen and oxygen atoms in total. The van der Waals surface area contributed by atoms with E-state index in [2.05, 4.69) is 21.1 Å². The maximum atomic E-state index is 6.02. The molecular weight excluding hydrogens is 303 g/mol. The van der Waals surface area contributed by atoms with Gasteiger partial charge in [0.2, 0.25) is 0 Å². The van der Waals surface area contributed by atoms with Crippen molar-refractivity contribution in [1.29, 1.82) is 0 Å². The van der Waals surface area contributed by atoms with Crippen LogP contribution in [0.15, 0.2) is 18.2 Å². The molecule has 1 rings (SSSR count). The lowest BCUT2D eigenvalue weighted by molar-refractivity contribution is 0.400. The molecule has 0 saturated carbocycles. The van der Waals surface area contributed by atoms with E-state index in [-0.39, 0.29) is 0 Å². The molecule has 0 aliphatic carbocycles. The molecule has 0 saturated heterocycles. The van der Waals surface area contributed by atoms with E-state index in [4.69, 9.17) is 35.4 Å². The van der Waals surface area contributed by atoms with Crippen molar-refractivity contribution in [3.05, 3.63) is 28.2 Å². The van der Waals surface area contributed by atoms with E-state index in [1.54, 1.807) is 18.2 Å². The van der Waals surface area contributed by atoms with Crippen LogP contribution >= 0.6 is 35.4 Å². The molecule has 1 aromatic carbocycles. The van der Waals surface area contributed by atoms with Gasteiger partial charge in [0.25, 0.3) is 0 Å². The number of benzene rings is 1. The van der Waals surface area contributed by atoms with E-state index in [0.29, 0.717) is 15.2 Å². The van der Waals surface area contributed by atoms with Crippen molar-refractivity contribution >= 4 is 46.2 Å². The number of rotatable bonds is 6. The monoisotopic (exact) mass is 320 g/mol. The average molecular weight is 321 g/mol. The van der Waals surface area contributed by atoms with Crippen LogP contribution < -0.4 is 16.2 Å². The molecule has 19 heavy (non-hydrogen) atoms. The number of anilines is 1. The van der Waals surface area contributed by atoms with Gasteiger partial charge in [-0.1, -0.05) is 23.2 Å². The van der Waals surface area contributed by atoms with Crippen LogP contribution in [0.2, 0.25) is 10.0 Å². The smallest absolute Gasteiger partial charge is 0.185 e. The van der Waals surface area contributed by atoms with Crippen molar-refractivity contribution in [2.24, 2.45) is 0 Å². The Hall–Kier alpha value is -0.750. The van der Waals surface area contributed by atoms with Gasteiger partial charge in [-0.05, 0) is 57.5 Å². The molecule has 0 aliphatic rings. The highest BCUT2D eigenvalue weighted by molar-refractivity contribution is 7.80. The highest BCUT2D eigenvalue weighted by Crippen LogP contribution is 2.24. The van der Waals surface area contributed by atoms with Gasteiger partial charge < -0.3 is 10.2 Å². The van der Waals surface area contributed by atoms with Crippen LogP contribution in [-0.4, -0.2) is 37.2 Å². The van der Waals surface area contributed by atoms with E-state index in [1.165, 1.54) is 0 Å². The molecule has 0 spiro atoms. The zero-order chi connectivity index (χ0) is 14.3. The Morgan fingerprint density at radius 2 is 2.05 bits per heavy atom. The predicted molar refractivity (Wildman–Crippen MR) is 87.0 cm³/mol. The molecule has 106 valence electrons. The molecule has 0 aromatic heterocycles. The van der Waals surface area contributed by atoms with Gasteiger partial charge in [0.05, 0.1) is 10.7 Å². The molecule has 0 unspecified atom stereocenters. The van der Waals surface area contributed by atoms with Gasteiger partial charge in [0.1, 0.15) is 0 Å². The van der Waals surface area contributed by atoms with E-state index < -0.39 is 0 Å². The van der Waals surface area contributed by atoms with Crippen LogP contribution in [0.5, 0.6) is 0 Å². The van der Waals surface area contributed by atoms with Gasteiger partial charge in [0, 0.05) is 11.6 Å². The SMILES string of the molecule is CN(C)CCCNC(=S)NNc1ccc(Cl)cc1Cl. The van der Waals surface area contributed by atoms with Crippen molar-refractivity contribution in [1.82, 2.24) is 15.6 Å². The summed E-state index contributed by atoms with van der Waals surface area (Å²) in [4.78, 5) is 2.13. The highest BCUT2D eigenvalue weighted by atomic mass is 35.5. The second-order valence-electron chi connectivity index (χ2n) is 4.29. The van der Waals surface area contributed by atoms with Gasteiger partial charge in [-0.25, -0.2) is 0 Å². The van der Waals surface area contributed by atoms with E-state index in [9.17, 15) is 0 Å². The number of hydrogen-bond donors (Lipinski definition) is 3. The lowest BCUT2D eigenvalue weighted by Gasteiger charge is -2.14. The Morgan fingerprint density at radius 3 is 2.68 bits per heavy atom. The zero-order valence-electron chi connectivity index (χ0n) is 11.0. The molecule has 1 aromatic rings. The first-order valence-corrected chi connectivity index (χ1v) is 7.05. The zero-order valence-corrected chi connectivity index (χ0v) is 13.3. The fraction of sp³-hybridized carbons (Fsp3) is 0.417. The first-order valence-electron chi connectivity index (χ1n) is 5.88. The largest absolute Gasteiger partial charge is 0.361 e. The molecule has 0 amide bonds. The number of halogens is 2. The minimum Gasteiger partial charge on any atom is -0.361 e. The summed E-state index contributed by atoms with van der Waals surface area (Å²) in [5.41, 5.74) is 6.54. The van der Waals surface area contributed by atoms with Gasteiger partial charge >= 0.3 is 0 Å².